The Balaban J connectivity index is 1.77. The Morgan fingerprint density at radius 2 is 2.08 bits per heavy atom. The monoisotopic (exact) mass is 374 g/mol. The molecule has 2 rings (SSSR count). The molecule has 0 aromatic heterocycles. The van der Waals surface area contributed by atoms with Gasteiger partial charge in [-0.1, -0.05) is 17.7 Å². The molecule has 2 amide bonds. The van der Waals surface area contributed by atoms with Crippen LogP contribution in [0.3, 0.4) is 0 Å². The number of carbonyl (C=O) groups is 2. The lowest BCUT2D eigenvalue weighted by Gasteiger charge is -2.08. The van der Waals surface area contributed by atoms with Gasteiger partial charge < -0.3 is 0 Å². The predicted molar refractivity (Wildman–Crippen MR) is 88.1 cm³/mol. The van der Waals surface area contributed by atoms with Gasteiger partial charge in [0.2, 0.25) is 5.91 Å². The van der Waals surface area contributed by atoms with Gasteiger partial charge in [-0.05, 0) is 36.1 Å². The summed E-state index contributed by atoms with van der Waals surface area (Å²) in [6.45, 7) is 0. The molecule has 24 heavy (non-hydrogen) atoms. The van der Waals surface area contributed by atoms with Crippen molar-refractivity contribution < 1.29 is 22.4 Å². The van der Waals surface area contributed by atoms with Crippen LogP contribution in [0, 0.1) is 11.7 Å². The maximum atomic E-state index is 13.0. The van der Waals surface area contributed by atoms with E-state index in [1.807, 2.05) is 0 Å². The van der Waals surface area contributed by atoms with E-state index in [0.29, 0.717) is 12.0 Å². The molecule has 1 fully saturated rings. The number of nitrogens with one attached hydrogen (secondary N) is 2. The molecule has 130 valence electrons. The topological polar surface area (TPSA) is 92.3 Å². The van der Waals surface area contributed by atoms with Crippen LogP contribution >= 0.6 is 11.6 Å². The number of sulfone groups is 1. The molecule has 1 heterocycles. The summed E-state index contributed by atoms with van der Waals surface area (Å²) in [5.41, 5.74) is 4.94. The molecular formula is C15H16ClFN2O4S. The van der Waals surface area contributed by atoms with Gasteiger partial charge in [-0.3, -0.25) is 20.4 Å². The van der Waals surface area contributed by atoms with E-state index >= 15 is 0 Å². The van der Waals surface area contributed by atoms with Crippen LogP contribution in [-0.2, 0) is 19.4 Å². The zero-order valence-corrected chi connectivity index (χ0v) is 14.2. The first-order chi connectivity index (χ1) is 11.2. The van der Waals surface area contributed by atoms with Gasteiger partial charge in [0.1, 0.15) is 5.82 Å². The van der Waals surface area contributed by atoms with Gasteiger partial charge in [-0.15, -0.1) is 0 Å². The fourth-order valence-electron chi connectivity index (χ4n) is 2.31. The third-order valence-electron chi connectivity index (χ3n) is 3.50. The first-order valence-electron chi connectivity index (χ1n) is 7.17. The average molecular weight is 375 g/mol. The summed E-state index contributed by atoms with van der Waals surface area (Å²) in [6, 6.07) is 3.99. The predicted octanol–water partition coefficient (Wildman–Crippen LogP) is 1.46. The average Bonchev–Trinajstić information content (AvgIpc) is 2.85. The third-order valence-corrected chi connectivity index (χ3v) is 5.62. The molecule has 1 aromatic rings. The zero-order chi connectivity index (χ0) is 17.7. The van der Waals surface area contributed by atoms with E-state index in [0.717, 1.165) is 6.08 Å². The molecule has 1 aliphatic heterocycles. The maximum absolute atomic E-state index is 13.0. The van der Waals surface area contributed by atoms with Crippen molar-refractivity contribution >= 4 is 39.3 Å². The maximum Gasteiger partial charge on any atom is 0.262 e. The molecule has 0 bridgehead atoms. The molecule has 9 heteroatoms. The Morgan fingerprint density at radius 3 is 2.71 bits per heavy atom. The number of rotatable bonds is 4. The lowest BCUT2D eigenvalue weighted by Crippen LogP contribution is -2.41. The van der Waals surface area contributed by atoms with E-state index in [9.17, 15) is 22.4 Å². The van der Waals surface area contributed by atoms with Crippen molar-refractivity contribution in [1.82, 2.24) is 10.9 Å². The number of amides is 2. The Bertz CT molecular complexity index is 780. The summed E-state index contributed by atoms with van der Waals surface area (Å²) in [5, 5.41) is -0.0580. The summed E-state index contributed by atoms with van der Waals surface area (Å²) < 4.78 is 35.6. The highest BCUT2D eigenvalue weighted by atomic mass is 35.5. The third kappa shape index (κ3) is 5.61. The SMILES string of the molecule is O=C(/C=C/c1ccc(F)c(Cl)c1)NNC(=O)C[C@H]1CCS(=O)(=O)C1. The Labute approximate surface area is 144 Å². The molecule has 0 spiro atoms. The van der Waals surface area contributed by atoms with Crippen LogP contribution in [0.5, 0.6) is 0 Å². The first-order valence-corrected chi connectivity index (χ1v) is 9.37. The van der Waals surface area contributed by atoms with Gasteiger partial charge in [0.25, 0.3) is 5.91 Å². The second kappa shape index (κ2) is 7.76. The van der Waals surface area contributed by atoms with E-state index in [1.54, 1.807) is 0 Å². The van der Waals surface area contributed by atoms with Crippen LogP contribution in [0.25, 0.3) is 6.08 Å². The standard InChI is InChI=1S/C15H16ClFN2O4S/c16-12-7-10(1-3-13(12)17)2-4-14(20)18-19-15(21)8-11-5-6-24(22,23)9-11/h1-4,7,11H,5-6,8-9H2,(H,18,20)(H,19,21)/b4-2+/t11-/m1/s1. The summed E-state index contributed by atoms with van der Waals surface area (Å²) >= 11 is 5.62. The molecule has 0 saturated carbocycles. The summed E-state index contributed by atoms with van der Waals surface area (Å²) in [7, 11) is -3.03. The molecule has 0 aliphatic carbocycles. The fraction of sp³-hybridized carbons (Fsp3) is 0.333. The van der Waals surface area contributed by atoms with Crippen LogP contribution in [0.1, 0.15) is 18.4 Å². The minimum absolute atomic E-state index is 0.000401. The van der Waals surface area contributed by atoms with Crippen LogP contribution < -0.4 is 10.9 Å². The van der Waals surface area contributed by atoms with Crippen LogP contribution in [0.15, 0.2) is 24.3 Å². The van der Waals surface area contributed by atoms with Gasteiger partial charge in [-0.25, -0.2) is 12.8 Å². The number of benzene rings is 1. The van der Waals surface area contributed by atoms with Crippen LogP contribution in [-0.4, -0.2) is 31.7 Å². The highest BCUT2D eigenvalue weighted by Gasteiger charge is 2.29. The van der Waals surface area contributed by atoms with Crippen molar-refractivity contribution in [2.75, 3.05) is 11.5 Å². The molecule has 1 aliphatic rings. The summed E-state index contributed by atoms with van der Waals surface area (Å²) in [6.07, 6.45) is 3.06. The second-order valence-corrected chi connectivity index (χ2v) is 8.15. The first kappa shape index (κ1) is 18.4. The van der Waals surface area contributed by atoms with E-state index in [-0.39, 0.29) is 28.9 Å². The van der Waals surface area contributed by atoms with Crippen molar-refractivity contribution in [1.29, 1.82) is 0 Å². The lowest BCUT2D eigenvalue weighted by atomic mass is 10.1. The molecule has 0 radical (unpaired) electrons. The zero-order valence-electron chi connectivity index (χ0n) is 12.6. The lowest BCUT2D eigenvalue weighted by molar-refractivity contribution is -0.127. The van der Waals surface area contributed by atoms with Gasteiger partial charge in [0, 0.05) is 12.5 Å². The van der Waals surface area contributed by atoms with E-state index in [4.69, 9.17) is 11.6 Å². The van der Waals surface area contributed by atoms with Crippen LogP contribution in [0.2, 0.25) is 5.02 Å². The number of hydrazine groups is 1. The Kier molecular flexibility index (Phi) is 5.95. The number of hydrogen-bond acceptors (Lipinski definition) is 4. The number of halogens is 2. The molecular weight excluding hydrogens is 359 g/mol. The van der Waals surface area contributed by atoms with Gasteiger partial charge in [0.05, 0.1) is 16.5 Å². The molecule has 0 unspecified atom stereocenters. The smallest absolute Gasteiger partial charge is 0.262 e. The van der Waals surface area contributed by atoms with E-state index < -0.39 is 27.5 Å². The quantitative estimate of drug-likeness (QED) is 0.616. The number of hydrogen-bond donors (Lipinski definition) is 2. The highest BCUT2D eigenvalue weighted by Crippen LogP contribution is 2.21. The van der Waals surface area contributed by atoms with Crippen molar-refractivity contribution in [3.63, 3.8) is 0 Å². The van der Waals surface area contributed by atoms with Gasteiger partial charge >= 0.3 is 0 Å². The minimum Gasteiger partial charge on any atom is -0.273 e. The van der Waals surface area contributed by atoms with Crippen molar-refractivity contribution in [2.24, 2.45) is 5.92 Å². The van der Waals surface area contributed by atoms with Crippen LogP contribution in [0.4, 0.5) is 4.39 Å². The summed E-state index contributed by atoms with van der Waals surface area (Å²) in [4.78, 5) is 23.3. The molecule has 1 saturated heterocycles. The Hall–Kier alpha value is -1.93. The second-order valence-electron chi connectivity index (χ2n) is 5.52. The minimum atomic E-state index is -3.03. The largest absolute Gasteiger partial charge is 0.273 e. The fourth-order valence-corrected chi connectivity index (χ4v) is 4.36. The van der Waals surface area contributed by atoms with Crippen molar-refractivity contribution in [3.05, 3.63) is 40.7 Å². The number of carbonyl (C=O) groups excluding carboxylic acids is 2. The van der Waals surface area contributed by atoms with Crippen molar-refractivity contribution in [3.8, 4) is 0 Å². The van der Waals surface area contributed by atoms with E-state index in [1.165, 1.54) is 24.3 Å². The van der Waals surface area contributed by atoms with Gasteiger partial charge in [0.15, 0.2) is 9.84 Å². The van der Waals surface area contributed by atoms with Crippen molar-refractivity contribution in [2.45, 2.75) is 12.8 Å². The summed E-state index contributed by atoms with van der Waals surface area (Å²) in [5.74, 6) is -1.71. The molecule has 2 N–H and O–H groups in total. The molecule has 1 atom stereocenters. The van der Waals surface area contributed by atoms with E-state index in [2.05, 4.69) is 10.9 Å². The Morgan fingerprint density at radius 1 is 1.33 bits per heavy atom. The highest BCUT2D eigenvalue weighted by molar-refractivity contribution is 7.91. The molecule has 6 nitrogen and oxygen atoms in total. The molecule has 1 aromatic carbocycles. The van der Waals surface area contributed by atoms with Gasteiger partial charge in [-0.2, -0.15) is 0 Å². The normalized spacial score (nSPS) is 19.3.